The molecule has 1 amide bonds. The maximum absolute atomic E-state index is 12.8. The van der Waals surface area contributed by atoms with Crippen LogP contribution in [0.3, 0.4) is 0 Å². The summed E-state index contributed by atoms with van der Waals surface area (Å²) in [7, 11) is 0. The Labute approximate surface area is 159 Å². The Hall–Kier alpha value is -1.79. The van der Waals surface area contributed by atoms with Crippen molar-refractivity contribution in [2.45, 2.75) is 38.6 Å². The Morgan fingerprint density at radius 2 is 1.85 bits per heavy atom. The van der Waals surface area contributed by atoms with Crippen LogP contribution in [0.4, 0.5) is 0 Å². The zero-order valence-corrected chi connectivity index (χ0v) is 16.1. The Bertz CT molecular complexity index is 717. The maximum Gasteiger partial charge on any atom is 0.256 e. The molecule has 0 bridgehead atoms. The van der Waals surface area contributed by atoms with Crippen LogP contribution in [0.5, 0.6) is 0 Å². The highest BCUT2D eigenvalue weighted by molar-refractivity contribution is 7.13. The van der Waals surface area contributed by atoms with Crippen molar-refractivity contribution in [2.24, 2.45) is 5.92 Å². The van der Waals surface area contributed by atoms with E-state index >= 15 is 0 Å². The number of hydrogen-bond donors (Lipinski definition) is 0. The van der Waals surface area contributed by atoms with Crippen molar-refractivity contribution in [3.8, 4) is 10.7 Å². The first-order valence-corrected chi connectivity index (χ1v) is 10.5. The van der Waals surface area contributed by atoms with E-state index in [9.17, 15) is 4.79 Å². The first-order valence-electron chi connectivity index (χ1n) is 9.61. The van der Waals surface area contributed by atoms with Crippen molar-refractivity contribution >= 4 is 17.2 Å². The minimum absolute atomic E-state index is 0.0648. The van der Waals surface area contributed by atoms with Crippen LogP contribution in [0.15, 0.2) is 29.9 Å². The van der Waals surface area contributed by atoms with Gasteiger partial charge >= 0.3 is 0 Å². The number of rotatable bonds is 4. The third kappa shape index (κ3) is 3.67. The molecule has 0 aliphatic carbocycles. The molecule has 2 aliphatic rings. The van der Waals surface area contributed by atoms with E-state index in [2.05, 4.69) is 21.8 Å². The second kappa shape index (κ2) is 7.84. The second-order valence-electron chi connectivity index (χ2n) is 7.39. The lowest BCUT2D eigenvalue weighted by atomic mass is 9.89. The van der Waals surface area contributed by atoms with Crippen LogP contribution in [0, 0.1) is 5.92 Å². The molecule has 0 aromatic carbocycles. The van der Waals surface area contributed by atoms with E-state index in [4.69, 9.17) is 0 Å². The van der Waals surface area contributed by atoms with Crippen molar-refractivity contribution in [3.05, 3.63) is 35.5 Å². The number of nitrogens with zero attached hydrogens (tertiary/aromatic N) is 4. The zero-order chi connectivity index (χ0) is 17.9. The van der Waals surface area contributed by atoms with Crippen LogP contribution < -0.4 is 0 Å². The smallest absolute Gasteiger partial charge is 0.256 e. The Morgan fingerprint density at radius 1 is 1.15 bits per heavy atom. The summed E-state index contributed by atoms with van der Waals surface area (Å²) in [6, 6.07) is 4.62. The Balaban J connectivity index is 1.34. The van der Waals surface area contributed by atoms with Crippen molar-refractivity contribution in [3.63, 3.8) is 0 Å². The summed E-state index contributed by atoms with van der Waals surface area (Å²) in [4.78, 5) is 27.1. The third-order valence-electron chi connectivity index (χ3n) is 5.87. The van der Waals surface area contributed by atoms with Crippen LogP contribution >= 0.6 is 11.3 Å². The van der Waals surface area contributed by atoms with Gasteiger partial charge in [0.05, 0.1) is 10.4 Å². The average molecular weight is 371 g/mol. The summed E-state index contributed by atoms with van der Waals surface area (Å²) < 4.78 is 0. The fourth-order valence-electron chi connectivity index (χ4n) is 4.19. The van der Waals surface area contributed by atoms with Gasteiger partial charge in [-0.05, 0) is 63.1 Å². The maximum atomic E-state index is 12.8. The van der Waals surface area contributed by atoms with Gasteiger partial charge in [0.25, 0.3) is 5.91 Å². The molecule has 4 heterocycles. The molecule has 138 valence electrons. The van der Waals surface area contributed by atoms with E-state index in [1.54, 1.807) is 23.7 Å². The molecular formula is C20H26N4OS. The van der Waals surface area contributed by atoms with Gasteiger partial charge in [-0.25, -0.2) is 9.97 Å². The summed E-state index contributed by atoms with van der Waals surface area (Å²) >= 11 is 1.61. The molecule has 0 spiro atoms. The lowest BCUT2D eigenvalue weighted by Crippen LogP contribution is -2.45. The number of hydrogen-bond acceptors (Lipinski definition) is 5. The highest BCUT2D eigenvalue weighted by atomic mass is 32.1. The van der Waals surface area contributed by atoms with Gasteiger partial charge < -0.3 is 9.80 Å². The number of amides is 1. The van der Waals surface area contributed by atoms with Gasteiger partial charge in [-0.15, -0.1) is 11.3 Å². The summed E-state index contributed by atoms with van der Waals surface area (Å²) in [6.45, 7) is 6.54. The molecule has 6 heteroatoms. The molecule has 2 fully saturated rings. The molecule has 2 saturated heterocycles. The molecule has 0 unspecified atom stereocenters. The highest BCUT2D eigenvalue weighted by Gasteiger charge is 2.30. The first-order chi connectivity index (χ1) is 12.7. The van der Waals surface area contributed by atoms with Gasteiger partial charge in [0, 0.05) is 31.5 Å². The van der Waals surface area contributed by atoms with Crippen LogP contribution in [0.25, 0.3) is 10.7 Å². The van der Waals surface area contributed by atoms with Crippen LogP contribution in [0.1, 0.15) is 43.0 Å². The zero-order valence-electron chi connectivity index (χ0n) is 15.3. The molecular weight excluding hydrogens is 344 g/mol. The van der Waals surface area contributed by atoms with Gasteiger partial charge in [-0.3, -0.25) is 4.79 Å². The minimum Gasteiger partial charge on any atom is -0.339 e. The molecule has 2 aromatic rings. The minimum atomic E-state index is 0.0648. The normalized spacial score (nSPS) is 20.4. The third-order valence-corrected chi connectivity index (χ3v) is 6.73. The van der Waals surface area contributed by atoms with E-state index in [0.29, 0.717) is 23.3 Å². The SMILES string of the molecule is C[C@H](C1CCN(C(=O)c2cnc(-c3cccs3)nc2)CC1)N1CCCC1. The molecule has 4 rings (SSSR count). The molecule has 0 radical (unpaired) electrons. The van der Waals surface area contributed by atoms with Crippen molar-refractivity contribution in [1.29, 1.82) is 0 Å². The van der Waals surface area contributed by atoms with Gasteiger partial charge in [0.1, 0.15) is 0 Å². The van der Waals surface area contributed by atoms with E-state index < -0.39 is 0 Å². The summed E-state index contributed by atoms with van der Waals surface area (Å²) in [5.41, 5.74) is 0.594. The Kier molecular flexibility index (Phi) is 5.31. The van der Waals surface area contributed by atoms with E-state index in [0.717, 1.165) is 30.8 Å². The molecule has 2 aliphatic heterocycles. The van der Waals surface area contributed by atoms with Gasteiger partial charge in [0.2, 0.25) is 0 Å². The Morgan fingerprint density at radius 3 is 2.46 bits per heavy atom. The van der Waals surface area contributed by atoms with Crippen molar-refractivity contribution in [1.82, 2.24) is 19.8 Å². The largest absolute Gasteiger partial charge is 0.339 e. The predicted molar refractivity (Wildman–Crippen MR) is 104 cm³/mol. The van der Waals surface area contributed by atoms with Crippen LogP contribution in [-0.2, 0) is 0 Å². The molecule has 26 heavy (non-hydrogen) atoms. The lowest BCUT2D eigenvalue weighted by molar-refractivity contribution is 0.0623. The average Bonchev–Trinajstić information content (AvgIpc) is 3.41. The topological polar surface area (TPSA) is 49.3 Å². The molecule has 5 nitrogen and oxygen atoms in total. The molecule has 2 aromatic heterocycles. The first kappa shape index (κ1) is 17.6. The van der Waals surface area contributed by atoms with E-state index in [1.807, 2.05) is 22.4 Å². The van der Waals surface area contributed by atoms with E-state index in [-0.39, 0.29) is 5.91 Å². The number of carbonyl (C=O) groups excluding carboxylic acids is 1. The van der Waals surface area contributed by atoms with Gasteiger partial charge in [-0.2, -0.15) is 0 Å². The highest BCUT2D eigenvalue weighted by Crippen LogP contribution is 2.27. The number of likely N-dealkylation sites (tertiary alicyclic amines) is 2. The molecule has 0 saturated carbocycles. The van der Waals surface area contributed by atoms with Crippen molar-refractivity contribution < 1.29 is 4.79 Å². The fourth-order valence-corrected chi connectivity index (χ4v) is 4.86. The van der Waals surface area contributed by atoms with Crippen LogP contribution in [-0.4, -0.2) is 57.9 Å². The number of aromatic nitrogens is 2. The summed E-state index contributed by atoms with van der Waals surface area (Å²) in [6.07, 6.45) is 8.20. The van der Waals surface area contributed by atoms with Crippen LogP contribution in [0.2, 0.25) is 0 Å². The number of piperidine rings is 1. The van der Waals surface area contributed by atoms with Crippen molar-refractivity contribution in [2.75, 3.05) is 26.2 Å². The fraction of sp³-hybridized carbons (Fsp3) is 0.550. The summed E-state index contributed by atoms with van der Waals surface area (Å²) in [5, 5.41) is 2.01. The summed E-state index contributed by atoms with van der Waals surface area (Å²) in [5.74, 6) is 1.46. The number of carbonyl (C=O) groups is 1. The quantitative estimate of drug-likeness (QED) is 0.826. The molecule has 0 N–H and O–H groups in total. The monoisotopic (exact) mass is 370 g/mol. The second-order valence-corrected chi connectivity index (χ2v) is 8.33. The van der Waals surface area contributed by atoms with E-state index in [1.165, 1.54) is 25.9 Å². The lowest BCUT2D eigenvalue weighted by Gasteiger charge is -2.38. The molecule has 1 atom stereocenters. The number of thiophene rings is 1. The predicted octanol–water partition coefficient (Wildman–Crippen LogP) is 3.54. The van der Waals surface area contributed by atoms with Gasteiger partial charge in [0.15, 0.2) is 5.82 Å². The van der Waals surface area contributed by atoms with Gasteiger partial charge in [-0.1, -0.05) is 6.07 Å². The standard InChI is InChI=1S/C20H26N4OS/c1-15(23-8-2-3-9-23)16-6-10-24(11-7-16)20(25)17-13-21-19(22-14-17)18-5-4-12-26-18/h4-5,12-16H,2-3,6-11H2,1H3/t15-/m1/s1.